The molecule has 1 aromatic carbocycles. The molecule has 3 rings (SSSR count). The molecular formula is C17H15F3N4O2S. The number of benzene rings is 1. The summed E-state index contributed by atoms with van der Waals surface area (Å²) in [7, 11) is -1.04. The van der Waals surface area contributed by atoms with Crippen molar-refractivity contribution in [3.05, 3.63) is 65.1 Å². The Balaban J connectivity index is 1.76. The molecule has 10 heteroatoms. The van der Waals surface area contributed by atoms with Gasteiger partial charge in [-0.3, -0.25) is 13.4 Å². The molecule has 1 unspecified atom stereocenters. The summed E-state index contributed by atoms with van der Waals surface area (Å²) in [6.45, 7) is -0.0920. The maximum absolute atomic E-state index is 12.9. The second kappa shape index (κ2) is 7.47. The molecule has 0 fully saturated rings. The van der Waals surface area contributed by atoms with Crippen LogP contribution in [0.4, 0.5) is 13.2 Å². The van der Waals surface area contributed by atoms with Gasteiger partial charge in [0.15, 0.2) is 11.5 Å². The predicted octanol–water partition coefficient (Wildman–Crippen LogP) is 2.56. The number of fused-ring (bicyclic) bond motifs is 1. The number of carbonyl (C=O) groups excluding carboxylic acids is 1. The van der Waals surface area contributed by atoms with E-state index in [9.17, 15) is 22.2 Å². The minimum atomic E-state index is -4.49. The normalized spacial score (nSPS) is 12.9. The molecule has 1 amide bonds. The van der Waals surface area contributed by atoms with Crippen LogP contribution in [0, 0.1) is 0 Å². The molecule has 0 radical (unpaired) electrons. The molecule has 0 saturated heterocycles. The van der Waals surface area contributed by atoms with Gasteiger partial charge in [-0.15, -0.1) is 10.2 Å². The van der Waals surface area contributed by atoms with Gasteiger partial charge in [0.25, 0.3) is 5.91 Å². The monoisotopic (exact) mass is 396 g/mol. The molecule has 0 saturated carbocycles. The van der Waals surface area contributed by atoms with E-state index < -0.39 is 28.4 Å². The van der Waals surface area contributed by atoms with Gasteiger partial charge in [0.05, 0.1) is 12.1 Å². The third-order valence-electron chi connectivity index (χ3n) is 3.77. The van der Waals surface area contributed by atoms with Crippen molar-refractivity contribution in [3.8, 4) is 0 Å². The second-order valence-corrected chi connectivity index (χ2v) is 7.30. The highest BCUT2D eigenvalue weighted by Crippen LogP contribution is 2.29. The van der Waals surface area contributed by atoms with Crippen molar-refractivity contribution < 1.29 is 22.2 Å². The molecule has 0 bridgehead atoms. The van der Waals surface area contributed by atoms with Crippen LogP contribution in [0.1, 0.15) is 27.3 Å². The highest BCUT2D eigenvalue weighted by atomic mass is 32.2. The van der Waals surface area contributed by atoms with E-state index in [2.05, 4.69) is 15.5 Å². The number of nitrogens with zero attached hydrogens (tertiary/aromatic N) is 3. The number of halogens is 3. The average Bonchev–Trinajstić information content (AvgIpc) is 3.01. The standard InChI is InChI=1S/C17H15F3N4O2S/c1-27(26)10-11-3-2-4-12(7-11)16(25)21-8-15-23-22-14-6-5-13(9-24(14)15)17(18,19)20/h2-7,9H,8,10H2,1H3,(H,21,25). The van der Waals surface area contributed by atoms with Crippen molar-refractivity contribution >= 4 is 22.4 Å². The molecule has 6 nitrogen and oxygen atoms in total. The fourth-order valence-corrected chi connectivity index (χ4v) is 3.17. The fourth-order valence-electron chi connectivity index (χ4n) is 2.52. The molecule has 0 aliphatic heterocycles. The molecule has 0 aliphatic carbocycles. The first kappa shape index (κ1) is 19.0. The Morgan fingerprint density at radius 2 is 2.00 bits per heavy atom. The minimum absolute atomic E-state index is 0.0920. The number of nitrogens with one attached hydrogen (secondary N) is 1. The summed E-state index contributed by atoms with van der Waals surface area (Å²) in [6.07, 6.45) is -2.02. The molecule has 1 N–H and O–H groups in total. The van der Waals surface area contributed by atoms with Gasteiger partial charge >= 0.3 is 6.18 Å². The van der Waals surface area contributed by atoms with E-state index in [1.165, 1.54) is 10.5 Å². The van der Waals surface area contributed by atoms with Crippen molar-refractivity contribution in [2.45, 2.75) is 18.5 Å². The molecule has 142 valence electrons. The zero-order chi connectivity index (χ0) is 19.6. The van der Waals surface area contributed by atoms with Crippen molar-refractivity contribution in [1.82, 2.24) is 19.9 Å². The van der Waals surface area contributed by atoms with Gasteiger partial charge in [-0.1, -0.05) is 12.1 Å². The molecule has 0 aliphatic rings. The van der Waals surface area contributed by atoms with E-state index >= 15 is 0 Å². The predicted molar refractivity (Wildman–Crippen MR) is 93.4 cm³/mol. The maximum atomic E-state index is 12.9. The number of rotatable bonds is 5. The number of carbonyl (C=O) groups is 1. The molecular weight excluding hydrogens is 381 g/mol. The third-order valence-corrected chi connectivity index (χ3v) is 4.51. The van der Waals surface area contributed by atoms with Crippen LogP contribution in [0.5, 0.6) is 0 Å². The van der Waals surface area contributed by atoms with Crippen LogP contribution in [0.3, 0.4) is 0 Å². The van der Waals surface area contributed by atoms with Crippen LogP contribution >= 0.6 is 0 Å². The lowest BCUT2D eigenvalue weighted by atomic mass is 10.1. The first-order valence-corrected chi connectivity index (χ1v) is 9.55. The van der Waals surface area contributed by atoms with Gasteiger partial charge in [0.1, 0.15) is 0 Å². The molecule has 27 heavy (non-hydrogen) atoms. The zero-order valence-electron chi connectivity index (χ0n) is 14.2. The van der Waals surface area contributed by atoms with Gasteiger partial charge < -0.3 is 5.32 Å². The number of hydrogen-bond donors (Lipinski definition) is 1. The SMILES string of the molecule is CS(=O)Cc1cccc(C(=O)NCc2nnc3ccc(C(F)(F)F)cn23)c1. The molecule has 3 aromatic rings. The summed E-state index contributed by atoms with van der Waals surface area (Å²) >= 11 is 0. The Kier molecular flexibility index (Phi) is 5.26. The minimum Gasteiger partial charge on any atom is -0.345 e. The Labute approximate surface area is 154 Å². The number of hydrogen-bond acceptors (Lipinski definition) is 4. The summed E-state index contributed by atoms with van der Waals surface area (Å²) in [5.41, 5.74) is 0.538. The molecule has 1 atom stereocenters. The van der Waals surface area contributed by atoms with Crippen molar-refractivity contribution in [3.63, 3.8) is 0 Å². The van der Waals surface area contributed by atoms with Crippen LogP contribution in [0.2, 0.25) is 0 Å². The topological polar surface area (TPSA) is 76.4 Å². The maximum Gasteiger partial charge on any atom is 0.417 e. The summed E-state index contributed by atoms with van der Waals surface area (Å²) in [4.78, 5) is 12.3. The quantitative estimate of drug-likeness (QED) is 0.719. The van der Waals surface area contributed by atoms with Gasteiger partial charge in [0.2, 0.25) is 0 Å². The van der Waals surface area contributed by atoms with E-state index in [0.29, 0.717) is 11.3 Å². The van der Waals surface area contributed by atoms with Crippen molar-refractivity contribution in [1.29, 1.82) is 0 Å². The number of alkyl halides is 3. The van der Waals surface area contributed by atoms with Crippen molar-refractivity contribution in [2.24, 2.45) is 0 Å². The average molecular weight is 396 g/mol. The lowest BCUT2D eigenvalue weighted by Gasteiger charge is -2.08. The van der Waals surface area contributed by atoms with E-state index in [1.54, 1.807) is 30.5 Å². The lowest BCUT2D eigenvalue weighted by molar-refractivity contribution is -0.137. The van der Waals surface area contributed by atoms with Gasteiger partial charge in [-0.05, 0) is 29.8 Å². The van der Waals surface area contributed by atoms with E-state index in [4.69, 9.17) is 0 Å². The Bertz CT molecular complexity index is 1020. The van der Waals surface area contributed by atoms with Gasteiger partial charge in [-0.2, -0.15) is 13.2 Å². The van der Waals surface area contributed by atoms with Gasteiger partial charge in [0, 0.05) is 34.6 Å². The smallest absolute Gasteiger partial charge is 0.345 e. The lowest BCUT2D eigenvalue weighted by Crippen LogP contribution is -2.24. The van der Waals surface area contributed by atoms with E-state index in [0.717, 1.165) is 17.8 Å². The summed E-state index contributed by atoms with van der Waals surface area (Å²) in [6, 6.07) is 8.81. The van der Waals surface area contributed by atoms with E-state index in [1.807, 2.05) is 0 Å². The molecule has 2 heterocycles. The summed E-state index contributed by atoms with van der Waals surface area (Å²) < 4.78 is 51.1. The van der Waals surface area contributed by atoms with Crippen LogP contribution in [-0.2, 0) is 29.3 Å². The number of pyridine rings is 1. The summed E-state index contributed by atoms with van der Waals surface area (Å²) in [5.74, 6) is 0.0913. The van der Waals surface area contributed by atoms with Crippen LogP contribution < -0.4 is 5.32 Å². The van der Waals surface area contributed by atoms with Crippen LogP contribution in [0.15, 0.2) is 42.6 Å². The number of aromatic nitrogens is 3. The Morgan fingerprint density at radius 1 is 1.22 bits per heavy atom. The number of amides is 1. The summed E-state index contributed by atoms with van der Waals surface area (Å²) in [5, 5.41) is 10.2. The largest absolute Gasteiger partial charge is 0.417 e. The Hall–Kier alpha value is -2.75. The second-order valence-electron chi connectivity index (χ2n) is 5.86. The van der Waals surface area contributed by atoms with Crippen LogP contribution in [-0.4, -0.2) is 31.0 Å². The van der Waals surface area contributed by atoms with Crippen molar-refractivity contribution in [2.75, 3.05) is 6.26 Å². The van der Waals surface area contributed by atoms with Gasteiger partial charge in [-0.25, -0.2) is 0 Å². The van der Waals surface area contributed by atoms with Crippen LogP contribution in [0.25, 0.3) is 5.65 Å². The fraction of sp³-hybridized carbons (Fsp3) is 0.235. The highest BCUT2D eigenvalue weighted by molar-refractivity contribution is 7.83. The Morgan fingerprint density at radius 3 is 2.70 bits per heavy atom. The molecule has 0 spiro atoms. The molecule has 2 aromatic heterocycles. The van der Waals surface area contributed by atoms with E-state index in [-0.39, 0.29) is 18.0 Å². The highest BCUT2D eigenvalue weighted by Gasteiger charge is 2.31. The first-order chi connectivity index (χ1) is 12.7. The zero-order valence-corrected chi connectivity index (χ0v) is 15.0. The third kappa shape index (κ3) is 4.51. The first-order valence-electron chi connectivity index (χ1n) is 7.82.